The van der Waals surface area contributed by atoms with E-state index in [0.29, 0.717) is 6.42 Å². The van der Waals surface area contributed by atoms with Crippen LogP contribution in [0.5, 0.6) is 5.75 Å². The Morgan fingerprint density at radius 1 is 1.35 bits per heavy atom. The maximum atomic E-state index is 13.5. The average Bonchev–Trinajstić information content (AvgIpc) is 2.26. The van der Waals surface area contributed by atoms with Crippen molar-refractivity contribution in [3.8, 4) is 5.75 Å². The summed E-state index contributed by atoms with van der Waals surface area (Å²) in [6.07, 6.45) is 1.64. The lowest BCUT2D eigenvalue weighted by Gasteiger charge is -2.38. The van der Waals surface area contributed by atoms with Crippen LogP contribution in [0.1, 0.15) is 33.1 Å². The Labute approximate surface area is 101 Å². The van der Waals surface area contributed by atoms with Gasteiger partial charge in [0.15, 0.2) is 11.6 Å². The molecule has 0 heterocycles. The minimum Gasteiger partial charge on any atom is -0.485 e. The molecular formula is C14H19FO2. The van der Waals surface area contributed by atoms with Gasteiger partial charge >= 0.3 is 0 Å². The predicted octanol–water partition coefficient (Wildman–Crippen LogP) is 3.14. The number of hydrogen-bond donors (Lipinski definition) is 1. The Balaban J connectivity index is 2.10. The van der Waals surface area contributed by atoms with Crippen molar-refractivity contribution in [1.29, 1.82) is 0 Å². The van der Waals surface area contributed by atoms with Gasteiger partial charge in [-0.15, -0.1) is 0 Å². The lowest BCUT2D eigenvalue weighted by atomic mass is 9.75. The predicted molar refractivity (Wildman–Crippen MR) is 64.5 cm³/mol. The third-order valence-corrected chi connectivity index (χ3v) is 3.41. The van der Waals surface area contributed by atoms with Gasteiger partial charge in [-0.05, 0) is 36.8 Å². The molecule has 2 rings (SSSR count). The monoisotopic (exact) mass is 238 g/mol. The third-order valence-electron chi connectivity index (χ3n) is 3.41. The van der Waals surface area contributed by atoms with Gasteiger partial charge in [-0.2, -0.15) is 0 Å². The first-order chi connectivity index (χ1) is 7.98. The molecule has 0 saturated heterocycles. The molecule has 0 radical (unpaired) electrons. The smallest absolute Gasteiger partial charge is 0.165 e. The van der Waals surface area contributed by atoms with Crippen LogP contribution in [0.4, 0.5) is 4.39 Å². The first kappa shape index (κ1) is 12.4. The average molecular weight is 238 g/mol. The molecule has 1 N–H and O–H groups in total. The van der Waals surface area contributed by atoms with Gasteiger partial charge in [0.1, 0.15) is 6.10 Å². The number of para-hydroxylation sites is 1. The summed E-state index contributed by atoms with van der Waals surface area (Å²) in [5.41, 5.74) is 0.148. The maximum Gasteiger partial charge on any atom is 0.165 e. The molecule has 1 aliphatic carbocycles. The van der Waals surface area contributed by atoms with Crippen LogP contribution in [0.25, 0.3) is 0 Å². The molecule has 0 bridgehead atoms. The molecule has 0 amide bonds. The molecule has 2 atom stereocenters. The van der Waals surface area contributed by atoms with Gasteiger partial charge in [-0.3, -0.25) is 0 Å². The van der Waals surface area contributed by atoms with Crippen LogP contribution < -0.4 is 4.74 Å². The number of aliphatic hydroxyl groups excluding tert-OH is 1. The van der Waals surface area contributed by atoms with Crippen molar-refractivity contribution in [3.05, 3.63) is 30.1 Å². The summed E-state index contributed by atoms with van der Waals surface area (Å²) < 4.78 is 19.1. The summed E-state index contributed by atoms with van der Waals surface area (Å²) in [7, 11) is 0. The number of rotatable bonds is 2. The second-order valence-corrected chi connectivity index (χ2v) is 5.56. The van der Waals surface area contributed by atoms with Crippen LogP contribution in [0, 0.1) is 11.2 Å². The molecule has 94 valence electrons. The molecule has 3 heteroatoms. The molecule has 17 heavy (non-hydrogen) atoms. The number of halogens is 1. The number of aliphatic hydroxyl groups is 1. The Morgan fingerprint density at radius 2 is 2.06 bits per heavy atom. The molecular weight excluding hydrogens is 219 g/mol. The van der Waals surface area contributed by atoms with Gasteiger partial charge in [0.05, 0.1) is 6.10 Å². The number of ether oxygens (including phenoxy) is 1. The van der Waals surface area contributed by atoms with Crippen molar-refractivity contribution >= 4 is 0 Å². The lowest BCUT2D eigenvalue weighted by Crippen LogP contribution is -2.41. The molecule has 1 aromatic carbocycles. The Morgan fingerprint density at radius 3 is 2.76 bits per heavy atom. The second-order valence-electron chi connectivity index (χ2n) is 5.56. The normalized spacial score (nSPS) is 27.8. The van der Waals surface area contributed by atoms with E-state index in [0.717, 1.165) is 12.8 Å². The molecule has 0 aliphatic heterocycles. The quantitative estimate of drug-likeness (QED) is 0.857. The summed E-state index contributed by atoms with van der Waals surface area (Å²) in [4.78, 5) is 0. The van der Waals surface area contributed by atoms with Gasteiger partial charge in [0.2, 0.25) is 0 Å². The van der Waals surface area contributed by atoms with Crippen molar-refractivity contribution in [3.63, 3.8) is 0 Å². The van der Waals surface area contributed by atoms with E-state index in [9.17, 15) is 9.50 Å². The van der Waals surface area contributed by atoms with Crippen LogP contribution in [-0.4, -0.2) is 17.3 Å². The van der Waals surface area contributed by atoms with E-state index in [1.807, 2.05) is 0 Å². The third kappa shape index (κ3) is 2.97. The lowest BCUT2D eigenvalue weighted by molar-refractivity contribution is -0.0319. The zero-order valence-corrected chi connectivity index (χ0v) is 10.3. The highest BCUT2D eigenvalue weighted by molar-refractivity contribution is 5.24. The topological polar surface area (TPSA) is 29.5 Å². The SMILES string of the molecule is CC1(C)CCC(O)C(Oc2ccccc2F)C1. The summed E-state index contributed by atoms with van der Waals surface area (Å²) in [5, 5.41) is 9.91. The van der Waals surface area contributed by atoms with Gasteiger partial charge in [-0.25, -0.2) is 4.39 Å². The van der Waals surface area contributed by atoms with Crippen molar-refractivity contribution in [2.75, 3.05) is 0 Å². The van der Waals surface area contributed by atoms with Crippen LogP contribution >= 0.6 is 0 Å². The van der Waals surface area contributed by atoms with Crippen LogP contribution in [0.3, 0.4) is 0 Å². The van der Waals surface area contributed by atoms with E-state index in [-0.39, 0.29) is 23.1 Å². The molecule has 1 aromatic rings. The summed E-state index contributed by atoms with van der Waals surface area (Å²) >= 11 is 0. The van der Waals surface area contributed by atoms with Crippen LogP contribution in [0.2, 0.25) is 0 Å². The van der Waals surface area contributed by atoms with Crippen molar-refractivity contribution < 1.29 is 14.2 Å². The van der Waals surface area contributed by atoms with Crippen molar-refractivity contribution in [2.24, 2.45) is 5.41 Å². The molecule has 0 spiro atoms. The van der Waals surface area contributed by atoms with Crippen molar-refractivity contribution in [2.45, 2.75) is 45.3 Å². The minimum absolute atomic E-state index is 0.148. The molecule has 1 fully saturated rings. The van der Waals surface area contributed by atoms with Gasteiger partial charge in [0, 0.05) is 0 Å². The summed E-state index contributed by atoms with van der Waals surface area (Å²) in [6, 6.07) is 6.33. The highest BCUT2D eigenvalue weighted by Gasteiger charge is 2.35. The highest BCUT2D eigenvalue weighted by Crippen LogP contribution is 2.37. The largest absolute Gasteiger partial charge is 0.485 e. The molecule has 2 unspecified atom stereocenters. The Bertz CT molecular complexity index is 390. The minimum atomic E-state index is -0.498. The molecule has 1 saturated carbocycles. The fourth-order valence-corrected chi connectivity index (χ4v) is 2.33. The highest BCUT2D eigenvalue weighted by atomic mass is 19.1. The first-order valence-corrected chi connectivity index (χ1v) is 6.07. The number of benzene rings is 1. The van der Waals surface area contributed by atoms with E-state index in [2.05, 4.69) is 13.8 Å². The zero-order chi connectivity index (χ0) is 12.5. The molecule has 1 aliphatic rings. The van der Waals surface area contributed by atoms with E-state index in [1.54, 1.807) is 18.2 Å². The van der Waals surface area contributed by atoms with E-state index in [1.165, 1.54) is 6.07 Å². The van der Waals surface area contributed by atoms with Crippen LogP contribution in [0.15, 0.2) is 24.3 Å². The van der Waals surface area contributed by atoms with Gasteiger partial charge in [0.25, 0.3) is 0 Å². The Hall–Kier alpha value is -1.09. The standard InChI is InChI=1S/C14H19FO2/c1-14(2)8-7-11(16)13(9-14)17-12-6-4-3-5-10(12)15/h3-6,11,13,16H,7-9H2,1-2H3. The van der Waals surface area contributed by atoms with Gasteiger partial charge < -0.3 is 9.84 Å². The molecule has 0 aromatic heterocycles. The fraction of sp³-hybridized carbons (Fsp3) is 0.571. The summed E-state index contributed by atoms with van der Waals surface area (Å²) in [6.45, 7) is 4.30. The number of hydrogen-bond acceptors (Lipinski definition) is 2. The van der Waals surface area contributed by atoms with Crippen molar-refractivity contribution in [1.82, 2.24) is 0 Å². The maximum absolute atomic E-state index is 13.5. The van der Waals surface area contributed by atoms with Crippen LogP contribution in [-0.2, 0) is 0 Å². The fourth-order valence-electron chi connectivity index (χ4n) is 2.33. The second kappa shape index (κ2) is 4.65. The van der Waals surface area contributed by atoms with E-state index in [4.69, 9.17) is 4.74 Å². The van der Waals surface area contributed by atoms with E-state index >= 15 is 0 Å². The zero-order valence-electron chi connectivity index (χ0n) is 10.3. The first-order valence-electron chi connectivity index (χ1n) is 6.07. The molecule has 2 nitrogen and oxygen atoms in total. The Kier molecular flexibility index (Phi) is 3.38. The van der Waals surface area contributed by atoms with E-state index < -0.39 is 6.10 Å². The van der Waals surface area contributed by atoms with Gasteiger partial charge in [-0.1, -0.05) is 26.0 Å². The summed E-state index contributed by atoms with van der Waals surface area (Å²) in [5.74, 6) is -0.141.